The maximum Gasteiger partial charge on any atom is 0.469 e. The van der Waals surface area contributed by atoms with Gasteiger partial charge in [0.1, 0.15) is 12.7 Å². The van der Waals surface area contributed by atoms with Crippen molar-refractivity contribution >= 4 is 13.8 Å². The number of aliphatic hydroxyl groups is 1. The van der Waals surface area contributed by atoms with E-state index in [4.69, 9.17) is 14.5 Å². The molecule has 1 unspecified atom stereocenters. The Hall–Kier alpha value is -0.720. The van der Waals surface area contributed by atoms with E-state index < -0.39 is 26.5 Å². The molecule has 0 spiro atoms. The molecule has 0 saturated heterocycles. The number of ether oxygens (including phenoxy) is 1. The molecule has 0 amide bonds. The zero-order valence-electron chi connectivity index (χ0n) is 19.4. The van der Waals surface area contributed by atoms with Crippen LogP contribution in [0.2, 0.25) is 0 Å². The lowest BCUT2D eigenvalue weighted by atomic mass is 10.1. The number of allylic oxidation sites excluding steroid dienone is 2. The van der Waals surface area contributed by atoms with E-state index in [9.17, 15) is 14.5 Å². The van der Waals surface area contributed by atoms with E-state index in [2.05, 4.69) is 23.6 Å². The second kappa shape index (κ2) is 21.1. The maximum absolute atomic E-state index is 11.6. The van der Waals surface area contributed by atoms with E-state index in [1.807, 2.05) is 0 Å². The minimum Gasteiger partial charge on any atom is -0.463 e. The Morgan fingerprint density at radius 1 is 0.806 bits per heavy atom. The lowest BCUT2D eigenvalue weighted by molar-refractivity contribution is -0.147. The number of unbranched alkanes of at least 4 members (excludes halogenated alkanes) is 13. The van der Waals surface area contributed by atoms with Crippen LogP contribution >= 0.6 is 7.82 Å². The lowest BCUT2D eigenvalue weighted by Gasteiger charge is -2.12. The fourth-order valence-electron chi connectivity index (χ4n) is 3.19. The fourth-order valence-corrected chi connectivity index (χ4v) is 3.55. The Kier molecular flexibility index (Phi) is 20.7. The number of esters is 1. The molecule has 0 aromatic heterocycles. The minimum absolute atomic E-state index is 0.278. The van der Waals surface area contributed by atoms with Crippen molar-refractivity contribution in [3.8, 4) is 0 Å². The van der Waals surface area contributed by atoms with Gasteiger partial charge in [-0.1, -0.05) is 83.3 Å². The van der Waals surface area contributed by atoms with E-state index in [1.54, 1.807) is 0 Å². The topological polar surface area (TPSA) is 113 Å². The van der Waals surface area contributed by atoms with Crippen molar-refractivity contribution in [3.63, 3.8) is 0 Å². The van der Waals surface area contributed by atoms with Gasteiger partial charge in [0.25, 0.3) is 0 Å². The number of carbonyl (C=O) groups excluding carboxylic acids is 1. The molecular formula is C23H45O7P. The van der Waals surface area contributed by atoms with Crippen LogP contribution in [-0.2, 0) is 18.6 Å². The molecule has 0 aliphatic heterocycles. The van der Waals surface area contributed by atoms with Gasteiger partial charge >= 0.3 is 13.8 Å². The summed E-state index contributed by atoms with van der Waals surface area (Å²) in [5.74, 6) is -0.420. The first kappa shape index (κ1) is 30.3. The molecular weight excluding hydrogens is 419 g/mol. The van der Waals surface area contributed by atoms with E-state index in [1.165, 1.54) is 64.2 Å². The molecule has 0 aliphatic rings. The van der Waals surface area contributed by atoms with Crippen LogP contribution in [0, 0.1) is 0 Å². The lowest BCUT2D eigenvalue weighted by Crippen LogP contribution is -2.23. The summed E-state index contributed by atoms with van der Waals surface area (Å²) in [7, 11) is -4.62. The fraction of sp³-hybridized carbons (Fsp3) is 0.870. The van der Waals surface area contributed by atoms with Crippen molar-refractivity contribution < 1.29 is 33.5 Å². The summed E-state index contributed by atoms with van der Waals surface area (Å²) >= 11 is 0. The number of carbonyl (C=O) groups is 1. The maximum atomic E-state index is 11.6. The molecule has 0 heterocycles. The van der Waals surface area contributed by atoms with Gasteiger partial charge in [-0.25, -0.2) is 4.57 Å². The van der Waals surface area contributed by atoms with Crippen molar-refractivity contribution in [1.82, 2.24) is 0 Å². The second-order valence-corrected chi connectivity index (χ2v) is 9.40. The first-order chi connectivity index (χ1) is 14.8. The van der Waals surface area contributed by atoms with Gasteiger partial charge in [0.2, 0.25) is 0 Å². The SMILES string of the molecule is CCCCCCCCCCC/C=C\CCCCCCC(=O)OCC(O)COP(=O)(O)O. The molecule has 0 radical (unpaired) electrons. The van der Waals surface area contributed by atoms with E-state index in [0.717, 1.165) is 32.1 Å². The zero-order chi connectivity index (χ0) is 23.2. The number of phosphoric ester groups is 1. The Balaban J connectivity index is 3.36. The molecule has 0 rings (SSSR count). The molecule has 0 fully saturated rings. The number of aliphatic hydroxyl groups excluding tert-OH is 1. The number of rotatable bonds is 22. The van der Waals surface area contributed by atoms with Crippen LogP contribution in [0.5, 0.6) is 0 Å². The summed E-state index contributed by atoms with van der Waals surface area (Å²) in [6.07, 6.45) is 21.9. The smallest absolute Gasteiger partial charge is 0.463 e. The average Bonchev–Trinajstić information content (AvgIpc) is 2.72. The largest absolute Gasteiger partial charge is 0.469 e. The van der Waals surface area contributed by atoms with Gasteiger partial charge < -0.3 is 19.6 Å². The van der Waals surface area contributed by atoms with Gasteiger partial charge in [0.15, 0.2) is 0 Å². The van der Waals surface area contributed by atoms with Crippen molar-refractivity contribution in [1.29, 1.82) is 0 Å². The molecule has 8 heteroatoms. The van der Waals surface area contributed by atoms with Gasteiger partial charge in [-0.3, -0.25) is 9.32 Å². The predicted octanol–water partition coefficient (Wildman–Crippen LogP) is 5.82. The first-order valence-electron chi connectivity index (χ1n) is 12.0. The third-order valence-corrected chi connectivity index (χ3v) is 5.50. The van der Waals surface area contributed by atoms with E-state index in [-0.39, 0.29) is 13.0 Å². The number of hydrogen-bond acceptors (Lipinski definition) is 5. The first-order valence-corrected chi connectivity index (χ1v) is 13.6. The van der Waals surface area contributed by atoms with Crippen LogP contribution in [0.4, 0.5) is 0 Å². The highest BCUT2D eigenvalue weighted by molar-refractivity contribution is 7.46. The second-order valence-electron chi connectivity index (χ2n) is 8.16. The molecule has 0 aromatic carbocycles. The normalized spacial score (nSPS) is 13.0. The molecule has 7 nitrogen and oxygen atoms in total. The molecule has 31 heavy (non-hydrogen) atoms. The van der Waals surface area contributed by atoms with Crippen molar-refractivity contribution in [2.75, 3.05) is 13.2 Å². The highest BCUT2D eigenvalue weighted by Gasteiger charge is 2.17. The summed E-state index contributed by atoms with van der Waals surface area (Å²) < 4.78 is 19.5. The highest BCUT2D eigenvalue weighted by Crippen LogP contribution is 2.35. The van der Waals surface area contributed by atoms with Crippen LogP contribution in [0.3, 0.4) is 0 Å². The minimum atomic E-state index is -4.62. The molecule has 0 bridgehead atoms. The molecule has 0 aromatic rings. The van der Waals surface area contributed by atoms with Crippen LogP contribution in [-0.4, -0.2) is 40.2 Å². The van der Waals surface area contributed by atoms with Crippen LogP contribution in [0.25, 0.3) is 0 Å². The number of phosphoric acid groups is 1. The summed E-state index contributed by atoms with van der Waals surface area (Å²) in [6, 6.07) is 0. The molecule has 3 N–H and O–H groups in total. The van der Waals surface area contributed by atoms with Gasteiger partial charge in [-0.15, -0.1) is 0 Å². The Bertz CT molecular complexity index is 490. The Morgan fingerprint density at radius 3 is 1.81 bits per heavy atom. The summed E-state index contributed by atoms with van der Waals surface area (Å²) in [5.41, 5.74) is 0. The standard InChI is InChI=1S/C23H45O7P/c1-2-3-4-5-6-7-8-9-10-11-12-13-14-15-16-17-18-19-23(25)29-20-22(24)21-30-31(26,27)28/h12-13,22,24H,2-11,14-21H2,1H3,(H2,26,27,28)/b13-12-. The van der Waals surface area contributed by atoms with Crippen LogP contribution < -0.4 is 0 Å². The Morgan fingerprint density at radius 2 is 1.29 bits per heavy atom. The third-order valence-electron chi connectivity index (χ3n) is 5.01. The summed E-state index contributed by atoms with van der Waals surface area (Å²) in [4.78, 5) is 28.6. The Labute approximate surface area is 188 Å². The molecule has 0 saturated carbocycles. The average molecular weight is 465 g/mol. The quantitative estimate of drug-likeness (QED) is 0.0801. The van der Waals surface area contributed by atoms with Crippen molar-refractivity contribution in [2.24, 2.45) is 0 Å². The van der Waals surface area contributed by atoms with Crippen LogP contribution in [0.15, 0.2) is 12.2 Å². The van der Waals surface area contributed by atoms with E-state index in [0.29, 0.717) is 0 Å². The molecule has 1 atom stereocenters. The van der Waals surface area contributed by atoms with Gasteiger partial charge in [-0.2, -0.15) is 0 Å². The van der Waals surface area contributed by atoms with E-state index >= 15 is 0 Å². The highest BCUT2D eigenvalue weighted by atomic mass is 31.2. The zero-order valence-corrected chi connectivity index (χ0v) is 20.3. The monoisotopic (exact) mass is 464 g/mol. The van der Waals surface area contributed by atoms with Crippen LogP contribution in [0.1, 0.15) is 110 Å². The third kappa shape index (κ3) is 25.4. The molecule has 184 valence electrons. The van der Waals surface area contributed by atoms with Gasteiger partial charge in [0.05, 0.1) is 6.61 Å². The molecule has 0 aliphatic carbocycles. The number of hydrogen-bond donors (Lipinski definition) is 3. The summed E-state index contributed by atoms with van der Waals surface area (Å²) in [6.45, 7) is 1.34. The van der Waals surface area contributed by atoms with Gasteiger partial charge in [0, 0.05) is 6.42 Å². The van der Waals surface area contributed by atoms with Crippen molar-refractivity contribution in [2.45, 2.75) is 116 Å². The van der Waals surface area contributed by atoms with Crippen molar-refractivity contribution in [3.05, 3.63) is 12.2 Å². The summed E-state index contributed by atoms with van der Waals surface area (Å²) in [5, 5.41) is 9.43. The van der Waals surface area contributed by atoms with Gasteiger partial charge in [-0.05, 0) is 32.1 Å². The predicted molar refractivity (Wildman–Crippen MR) is 124 cm³/mol.